The van der Waals surface area contributed by atoms with Crippen molar-refractivity contribution in [2.45, 2.75) is 90.5 Å². The second-order valence-electron chi connectivity index (χ2n) is 8.23. The molecule has 1 heterocycles. The molecule has 6 nitrogen and oxygen atoms in total. The van der Waals surface area contributed by atoms with Crippen LogP contribution in [-0.4, -0.2) is 37.0 Å². The number of amides is 2. The van der Waals surface area contributed by atoms with Gasteiger partial charge >= 0.3 is 5.97 Å². The van der Waals surface area contributed by atoms with Crippen LogP contribution in [0.3, 0.4) is 0 Å². The fraction of sp³-hybridized carbons (Fsp3) is 0.640. The molecular weight excluding hydrogens is 392 g/mol. The lowest BCUT2D eigenvalue weighted by molar-refractivity contribution is -0.121. The predicted octanol–water partition coefficient (Wildman–Crippen LogP) is 5.01. The summed E-state index contributed by atoms with van der Waals surface area (Å²) in [6.45, 7) is 5.04. The van der Waals surface area contributed by atoms with Crippen molar-refractivity contribution < 1.29 is 19.1 Å². The molecular formula is C25H38N2O4. The molecule has 31 heavy (non-hydrogen) atoms. The molecule has 1 saturated heterocycles. The van der Waals surface area contributed by atoms with Gasteiger partial charge in [0.15, 0.2) is 0 Å². The topological polar surface area (TPSA) is 75.7 Å². The first kappa shape index (κ1) is 25.1. The number of nitrogens with one attached hydrogen (secondary N) is 1. The van der Waals surface area contributed by atoms with Crippen LogP contribution in [0.2, 0.25) is 0 Å². The van der Waals surface area contributed by atoms with E-state index in [0.29, 0.717) is 17.9 Å². The molecule has 0 spiro atoms. The number of nitrogens with zero attached hydrogens (tertiary/aromatic N) is 1. The van der Waals surface area contributed by atoms with Crippen LogP contribution in [-0.2, 0) is 14.3 Å². The van der Waals surface area contributed by atoms with Crippen molar-refractivity contribution in [2.24, 2.45) is 0 Å². The molecule has 0 unspecified atom stereocenters. The molecule has 0 aliphatic carbocycles. The first-order chi connectivity index (χ1) is 15.1. The van der Waals surface area contributed by atoms with Crippen molar-refractivity contribution in [3.05, 3.63) is 29.8 Å². The highest BCUT2D eigenvalue weighted by Gasteiger charge is 2.39. The largest absolute Gasteiger partial charge is 0.462 e. The van der Waals surface area contributed by atoms with E-state index in [9.17, 15) is 14.4 Å². The lowest BCUT2D eigenvalue weighted by Gasteiger charge is -2.16. The zero-order chi connectivity index (χ0) is 22.5. The van der Waals surface area contributed by atoms with Gasteiger partial charge in [-0.15, -0.1) is 0 Å². The summed E-state index contributed by atoms with van der Waals surface area (Å²) < 4.78 is 4.96. The first-order valence-electron chi connectivity index (χ1n) is 12.0. The summed E-state index contributed by atoms with van der Waals surface area (Å²) in [5.41, 5.74) is 0.895. The van der Waals surface area contributed by atoms with Crippen LogP contribution in [0.25, 0.3) is 0 Å². The van der Waals surface area contributed by atoms with Crippen molar-refractivity contribution in [1.29, 1.82) is 0 Å². The molecule has 0 aromatic heterocycles. The van der Waals surface area contributed by atoms with Gasteiger partial charge in [0.1, 0.15) is 0 Å². The lowest BCUT2D eigenvalue weighted by atomic mass is 10.1. The number of imide groups is 1. The Balaban J connectivity index is 1.67. The van der Waals surface area contributed by atoms with Crippen LogP contribution in [0.5, 0.6) is 0 Å². The van der Waals surface area contributed by atoms with Crippen LogP contribution in [0.1, 0.15) is 94.8 Å². The minimum atomic E-state index is -0.462. The molecule has 0 saturated carbocycles. The molecule has 0 bridgehead atoms. The number of anilines is 1. The summed E-state index contributed by atoms with van der Waals surface area (Å²) in [7, 11) is 0. The average Bonchev–Trinajstić information content (AvgIpc) is 3.05. The Bertz CT molecular complexity index is 702. The van der Waals surface area contributed by atoms with Gasteiger partial charge in [-0.3, -0.25) is 9.59 Å². The van der Waals surface area contributed by atoms with E-state index < -0.39 is 12.0 Å². The molecule has 172 valence electrons. The van der Waals surface area contributed by atoms with Crippen molar-refractivity contribution in [1.82, 2.24) is 5.32 Å². The molecule has 0 radical (unpaired) electrons. The molecule has 2 amide bonds. The third-order valence-electron chi connectivity index (χ3n) is 5.70. The Morgan fingerprint density at radius 1 is 0.935 bits per heavy atom. The second-order valence-corrected chi connectivity index (χ2v) is 8.23. The minimum Gasteiger partial charge on any atom is -0.462 e. The molecule has 1 fully saturated rings. The minimum absolute atomic E-state index is 0.177. The van der Waals surface area contributed by atoms with Gasteiger partial charge in [0.05, 0.1) is 30.3 Å². The Morgan fingerprint density at radius 2 is 1.52 bits per heavy atom. The third-order valence-corrected chi connectivity index (χ3v) is 5.70. The summed E-state index contributed by atoms with van der Waals surface area (Å²) in [4.78, 5) is 38.1. The maximum atomic E-state index is 12.7. The molecule has 1 aliphatic rings. The van der Waals surface area contributed by atoms with E-state index in [1.807, 2.05) is 0 Å². The van der Waals surface area contributed by atoms with Gasteiger partial charge in [-0.05, 0) is 44.2 Å². The molecule has 1 N–H and O–H groups in total. The van der Waals surface area contributed by atoms with Gasteiger partial charge in [-0.2, -0.15) is 0 Å². The van der Waals surface area contributed by atoms with E-state index >= 15 is 0 Å². The number of hydrogen-bond acceptors (Lipinski definition) is 5. The van der Waals surface area contributed by atoms with Gasteiger partial charge in [-0.1, -0.05) is 64.7 Å². The maximum Gasteiger partial charge on any atom is 0.338 e. The van der Waals surface area contributed by atoms with Crippen molar-refractivity contribution >= 4 is 23.5 Å². The quantitative estimate of drug-likeness (QED) is 0.241. The van der Waals surface area contributed by atoms with Gasteiger partial charge in [-0.25, -0.2) is 9.69 Å². The van der Waals surface area contributed by atoms with Gasteiger partial charge in [0, 0.05) is 0 Å². The molecule has 1 aliphatic heterocycles. The van der Waals surface area contributed by atoms with E-state index in [0.717, 1.165) is 19.4 Å². The third kappa shape index (κ3) is 8.09. The second kappa shape index (κ2) is 14.0. The normalized spacial score (nSPS) is 16.2. The Labute approximate surface area is 186 Å². The number of unbranched alkanes of at least 4 members (excludes halogenated alkanes) is 9. The summed E-state index contributed by atoms with van der Waals surface area (Å²) in [5.74, 6) is -0.848. The number of benzene rings is 1. The number of hydrogen-bond donors (Lipinski definition) is 1. The first-order valence-corrected chi connectivity index (χ1v) is 12.0. The van der Waals surface area contributed by atoms with Crippen molar-refractivity contribution in [2.75, 3.05) is 18.1 Å². The van der Waals surface area contributed by atoms with Crippen LogP contribution in [0.4, 0.5) is 5.69 Å². The van der Waals surface area contributed by atoms with E-state index in [1.54, 1.807) is 31.2 Å². The van der Waals surface area contributed by atoms with Crippen LogP contribution in [0.15, 0.2) is 24.3 Å². The summed E-state index contributed by atoms with van der Waals surface area (Å²) in [5, 5.41) is 3.25. The molecule has 1 aromatic rings. The number of esters is 1. The summed E-state index contributed by atoms with van der Waals surface area (Å²) in [6, 6.07) is 5.94. The standard InChI is InChI=1S/C25H38N2O4/c1-3-5-6-7-8-9-10-11-12-13-18-26-22-19-23(28)27(24(22)29)21-16-14-20(15-17-21)25(30)31-4-2/h14-17,22,26H,3-13,18-19H2,1-2H3/t22-/m0/s1. The monoisotopic (exact) mass is 430 g/mol. The highest BCUT2D eigenvalue weighted by Crippen LogP contribution is 2.23. The van der Waals surface area contributed by atoms with Crippen LogP contribution >= 0.6 is 0 Å². The Kier molecular flexibility index (Phi) is 11.3. The Hall–Kier alpha value is -2.21. The molecule has 1 aromatic carbocycles. The smallest absolute Gasteiger partial charge is 0.338 e. The van der Waals surface area contributed by atoms with Crippen molar-refractivity contribution in [3.63, 3.8) is 0 Å². The Morgan fingerprint density at radius 3 is 2.10 bits per heavy atom. The highest BCUT2D eigenvalue weighted by molar-refractivity contribution is 6.22. The summed E-state index contributed by atoms with van der Waals surface area (Å²) in [6.07, 6.45) is 12.9. The fourth-order valence-electron chi connectivity index (χ4n) is 3.91. The zero-order valence-electron chi connectivity index (χ0n) is 19.2. The zero-order valence-corrected chi connectivity index (χ0v) is 19.2. The molecule has 1 atom stereocenters. The average molecular weight is 431 g/mol. The van der Waals surface area contributed by atoms with E-state index in [1.165, 1.54) is 56.3 Å². The van der Waals surface area contributed by atoms with E-state index in [-0.39, 0.29) is 18.2 Å². The molecule has 2 rings (SSSR count). The number of carbonyl (C=O) groups is 3. The highest BCUT2D eigenvalue weighted by atomic mass is 16.5. The fourth-order valence-corrected chi connectivity index (χ4v) is 3.91. The van der Waals surface area contributed by atoms with Crippen LogP contribution in [0, 0.1) is 0 Å². The number of ether oxygens (including phenoxy) is 1. The van der Waals surface area contributed by atoms with Gasteiger partial charge in [0.2, 0.25) is 5.91 Å². The SMILES string of the molecule is CCCCCCCCCCCCN[C@H]1CC(=O)N(c2ccc(C(=O)OCC)cc2)C1=O. The van der Waals surface area contributed by atoms with Crippen molar-refractivity contribution in [3.8, 4) is 0 Å². The van der Waals surface area contributed by atoms with E-state index in [2.05, 4.69) is 12.2 Å². The lowest BCUT2D eigenvalue weighted by Crippen LogP contribution is -2.39. The molecule has 6 heteroatoms. The maximum absolute atomic E-state index is 12.7. The predicted molar refractivity (Wildman–Crippen MR) is 123 cm³/mol. The van der Waals surface area contributed by atoms with Gasteiger partial charge < -0.3 is 10.1 Å². The number of rotatable bonds is 15. The number of carbonyl (C=O) groups excluding carboxylic acids is 3. The summed E-state index contributed by atoms with van der Waals surface area (Å²) >= 11 is 0. The van der Waals surface area contributed by atoms with Crippen LogP contribution < -0.4 is 10.2 Å². The van der Waals surface area contributed by atoms with Gasteiger partial charge in [0.25, 0.3) is 5.91 Å². The van der Waals surface area contributed by atoms with E-state index in [4.69, 9.17) is 4.74 Å².